The Kier molecular flexibility index (Phi) is 3.46. The molecule has 1 atom stereocenters. The highest BCUT2D eigenvalue weighted by Gasteiger charge is 2.13. The maximum atomic E-state index is 10.4. The van der Waals surface area contributed by atoms with Gasteiger partial charge in [-0.25, -0.2) is 0 Å². The number of carboxylic acid groups (broad SMARTS) is 1. The lowest BCUT2D eigenvalue weighted by atomic mass is 9.97. The van der Waals surface area contributed by atoms with Crippen LogP contribution in [0, 0.1) is 0 Å². The zero-order chi connectivity index (χ0) is 9.68. The Morgan fingerprint density at radius 2 is 1.92 bits per heavy atom. The van der Waals surface area contributed by atoms with Crippen molar-refractivity contribution < 1.29 is 15.0 Å². The first-order valence-corrected chi connectivity index (χ1v) is 4.11. The molecule has 0 bridgehead atoms. The highest BCUT2D eigenvalue weighted by Crippen LogP contribution is 2.18. The molecule has 0 saturated carbocycles. The molecule has 1 unspecified atom stereocenters. The van der Waals surface area contributed by atoms with Gasteiger partial charge in [-0.3, -0.25) is 4.79 Å². The van der Waals surface area contributed by atoms with Crippen LogP contribution >= 0.6 is 0 Å². The lowest BCUT2D eigenvalue weighted by Gasteiger charge is -2.11. The number of rotatable bonds is 4. The molecule has 0 aliphatic rings. The van der Waals surface area contributed by atoms with Crippen LogP contribution in [0.5, 0.6) is 0 Å². The number of aliphatic carboxylic acids is 1. The first-order valence-electron chi connectivity index (χ1n) is 4.11. The average Bonchev–Trinajstić information content (AvgIpc) is 2.15. The van der Waals surface area contributed by atoms with Gasteiger partial charge in [0.2, 0.25) is 0 Å². The molecule has 0 saturated heterocycles. The number of benzene rings is 1. The normalized spacial score (nSPS) is 12.4. The van der Waals surface area contributed by atoms with Crippen molar-refractivity contribution in [3.63, 3.8) is 0 Å². The van der Waals surface area contributed by atoms with Crippen LogP contribution in [-0.2, 0) is 4.79 Å². The molecule has 0 amide bonds. The van der Waals surface area contributed by atoms with E-state index in [4.69, 9.17) is 10.2 Å². The van der Waals surface area contributed by atoms with Gasteiger partial charge in [0, 0.05) is 5.92 Å². The molecular weight excluding hydrogens is 168 g/mol. The van der Waals surface area contributed by atoms with Gasteiger partial charge in [0.1, 0.15) is 0 Å². The fourth-order valence-electron chi connectivity index (χ4n) is 1.22. The average molecular weight is 180 g/mol. The van der Waals surface area contributed by atoms with Gasteiger partial charge in [0.15, 0.2) is 0 Å². The quantitative estimate of drug-likeness (QED) is 0.732. The summed E-state index contributed by atoms with van der Waals surface area (Å²) in [4.78, 5) is 10.4. The molecular formula is C10H12O3. The van der Waals surface area contributed by atoms with E-state index in [-0.39, 0.29) is 18.9 Å². The van der Waals surface area contributed by atoms with E-state index in [0.29, 0.717) is 0 Å². The van der Waals surface area contributed by atoms with Crippen LogP contribution in [0.25, 0.3) is 0 Å². The van der Waals surface area contributed by atoms with Crippen molar-refractivity contribution >= 4 is 5.97 Å². The Labute approximate surface area is 76.6 Å². The minimum atomic E-state index is -0.886. The van der Waals surface area contributed by atoms with Crippen LogP contribution in [0.4, 0.5) is 0 Å². The molecule has 1 aromatic carbocycles. The van der Waals surface area contributed by atoms with Gasteiger partial charge in [-0.05, 0) is 5.56 Å². The van der Waals surface area contributed by atoms with E-state index < -0.39 is 5.97 Å². The van der Waals surface area contributed by atoms with Crippen molar-refractivity contribution in [1.29, 1.82) is 0 Å². The molecule has 1 rings (SSSR count). The second-order valence-electron chi connectivity index (χ2n) is 2.89. The molecule has 2 N–H and O–H groups in total. The van der Waals surface area contributed by atoms with E-state index in [0.717, 1.165) is 5.56 Å². The summed E-state index contributed by atoms with van der Waals surface area (Å²) >= 11 is 0. The zero-order valence-electron chi connectivity index (χ0n) is 7.18. The Bertz CT molecular complexity index is 269. The second kappa shape index (κ2) is 4.62. The van der Waals surface area contributed by atoms with Crippen LogP contribution in [0.3, 0.4) is 0 Å². The zero-order valence-corrected chi connectivity index (χ0v) is 7.18. The van der Waals surface area contributed by atoms with Gasteiger partial charge in [0.25, 0.3) is 0 Å². The largest absolute Gasteiger partial charge is 0.481 e. The Morgan fingerprint density at radius 3 is 2.38 bits per heavy atom. The third-order valence-corrected chi connectivity index (χ3v) is 1.91. The Morgan fingerprint density at radius 1 is 1.31 bits per heavy atom. The topological polar surface area (TPSA) is 57.5 Å². The lowest BCUT2D eigenvalue weighted by Crippen LogP contribution is -2.09. The summed E-state index contributed by atoms with van der Waals surface area (Å²) in [5.74, 6) is -1.18. The van der Waals surface area contributed by atoms with Gasteiger partial charge in [-0.2, -0.15) is 0 Å². The van der Waals surface area contributed by atoms with Crippen LogP contribution in [0.15, 0.2) is 30.3 Å². The standard InChI is InChI=1S/C10H12O3/c11-7-9(6-10(12)13)8-4-2-1-3-5-8/h1-5,9,11H,6-7H2,(H,12,13). The van der Waals surface area contributed by atoms with Gasteiger partial charge in [0.05, 0.1) is 13.0 Å². The number of hydrogen-bond donors (Lipinski definition) is 2. The molecule has 1 aromatic rings. The number of aliphatic hydroxyl groups is 1. The first kappa shape index (κ1) is 9.74. The van der Waals surface area contributed by atoms with Crippen molar-refractivity contribution in [3.05, 3.63) is 35.9 Å². The summed E-state index contributed by atoms with van der Waals surface area (Å²) in [7, 11) is 0. The number of carbonyl (C=O) groups is 1. The smallest absolute Gasteiger partial charge is 0.304 e. The number of hydrogen-bond acceptors (Lipinski definition) is 2. The summed E-state index contributed by atoms with van der Waals surface area (Å²) < 4.78 is 0. The molecule has 3 heteroatoms. The summed E-state index contributed by atoms with van der Waals surface area (Å²) in [5.41, 5.74) is 0.868. The molecule has 13 heavy (non-hydrogen) atoms. The molecule has 0 aromatic heterocycles. The summed E-state index contributed by atoms with van der Waals surface area (Å²) in [6, 6.07) is 9.17. The monoisotopic (exact) mass is 180 g/mol. The fraction of sp³-hybridized carbons (Fsp3) is 0.300. The maximum absolute atomic E-state index is 10.4. The SMILES string of the molecule is O=C(O)CC(CO)c1ccccc1. The van der Waals surface area contributed by atoms with Gasteiger partial charge < -0.3 is 10.2 Å². The molecule has 0 aliphatic carbocycles. The fourth-order valence-corrected chi connectivity index (χ4v) is 1.22. The first-order chi connectivity index (χ1) is 6.24. The van der Waals surface area contributed by atoms with Gasteiger partial charge in [-0.15, -0.1) is 0 Å². The number of carboxylic acids is 1. The Hall–Kier alpha value is -1.35. The van der Waals surface area contributed by atoms with E-state index >= 15 is 0 Å². The van der Waals surface area contributed by atoms with Crippen molar-refractivity contribution in [2.75, 3.05) is 6.61 Å². The van der Waals surface area contributed by atoms with E-state index in [9.17, 15) is 4.79 Å². The molecule has 0 spiro atoms. The van der Waals surface area contributed by atoms with E-state index in [2.05, 4.69) is 0 Å². The predicted molar refractivity (Wildman–Crippen MR) is 48.5 cm³/mol. The van der Waals surface area contributed by atoms with Crippen LogP contribution in [0.2, 0.25) is 0 Å². The number of aliphatic hydroxyl groups excluding tert-OH is 1. The summed E-state index contributed by atoms with van der Waals surface area (Å²) in [6.07, 6.45) is -0.0273. The third kappa shape index (κ3) is 2.87. The highest BCUT2D eigenvalue weighted by atomic mass is 16.4. The minimum absolute atomic E-state index is 0.0273. The van der Waals surface area contributed by atoms with E-state index in [1.807, 2.05) is 30.3 Å². The molecule has 0 fully saturated rings. The van der Waals surface area contributed by atoms with Crippen LogP contribution in [-0.4, -0.2) is 22.8 Å². The van der Waals surface area contributed by atoms with Crippen LogP contribution in [0.1, 0.15) is 17.9 Å². The maximum Gasteiger partial charge on any atom is 0.304 e. The summed E-state index contributed by atoms with van der Waals surface area (Å²) in [6.45, 7) is -0.129. The van der Waals surface area contributed by atoms with Crippen molar-refractivity contribution in [1.82, 2.24) is 0 Å². The Balaban J connectivity index is 2.73. The molecule has 70 valence electrons. The molecule has 3 nitrogen and oxygen atoms in total. The van der Waals surface area contributed by atoms with Crippen molar-refractivity contribution in [3.8, 4) is 0 Å². The van der Waals surface area contributed by atoms with Crippen molar-refractivity contribution in [2.24, 2.45) is 0 Å². The van der Waals surface area contributed by atoms with Crippen molar-refractivity contribution in [2.45, 2.75) is 12.3 Å². The third-order valence-electron chi connectivity index (χ3n) is 1.91. The molecule has 0 radical (unpaired) electrons. The molecule has 0 heterocycles. The molecule has 0 aliphatic heterocycles. The highest BCUT2D eigenvalue weighted by molar-refractivity contribution is 5.68. The van der Waals surface area contributed by atoms with Crippen LogP contribution < -0.4 is 0 Å². The van der Waals surface area contributed by atoms with E-state index in [1.54, 1.807) is 0 Å². The minimum Gasteiger partial charge on any atom is -0.481 e. The van der Waals surface area contributed by atoms with Gasteiger partial charge in [-0.1, -0.05) is 30.3 Å². The second-order valence-corrected chi connectivity index (χ2v) is 2.89. The van der Waals surface area contributed by atoms with Gasteiger partial charge >= 0.3 is 5.97 Å². The summed E-state index contributed by atoms with van der Waals surface area (Å²) in [5, 5.41) is 17.5. The lowest BCUT2D eigenvalue weighted by molar-refractivity contribution is -0.137. The predicted octanol–water partition coefficient (Wildman–Crippen LogP) is 1.24. The van der Waals surface area contributed by atoms with E-state index in [1.165, 1.54) is 0 Å².